The number of nitrogens with zero attached hydrogens (tertiary/aromatic N) is 3. The number of hydrogen-bond donors (Lipinski definition) is 1. The fourth-order valence-corrected chi connectivity index (χ4v) is 2.56. The Hall–Kier alpha value is -1.88. The van der Waals surface area contributed by atoms with E-state index < -0.39 is 5.54 Å². The number of para-hydroxylation sites is 1. The third kappa shape index (κ3) is 2.33. The van der Waals surface area contributed by atoms with E-state index >= 15 is 0 Å². The molecule has 2 N–H and O–H groups in total. The molecule has 3 rings (SSSR count). The number of benzene rings is 1. The number of aromatic nitrogens is 3. The minimum Gasteiger partial charge on any atom is -0.491 e. The summed E-state index contributed by atoms with van der Waals surface area (Å²) in [6.45, 7) is 3.37. The van der Waals surface area contributed by atoms with E-state index in [4.69, 9.17) is 10.5 Å². The van der Waals surface area contributed by atoms with Gasteiger partial charge in [-0.3, -0.25) is 4.68 Å². The maximum Gasteiger partial charge on any atom is 0.138 e. The first-order chi connectivity index (χ1) is 9.20. The highest BCUT2D eigenvalue weighted by molar-refractivity contribution is 5.37. The van der Waals surface area contributed by atoms with Crippen LogP contribution in [0.5, 0.6) is 5.75 Å². The van der Waals surface area contributed by atoms with Gasteiger partial charge < -0.3 is 10.5 Å². The van der Waals surface area contributed by atoms with Gasteiger partial charge in [-0.2, -0.15) is 5.10 Å². The van der Waals surface area contributed by atoms with Gasteiger partial charge in [0.05, 0.1) is 5.54 Å². The van der Waals surface area contributed by atoms with Crippen LogP contribution in [0.4, 0.5) is 0 Å². The van der Waals surface area contributed by atoms with Crippen LogP contribution in [-0.4, -0.2) is 26.9 Å². The van der Waals surface area contributed by atoms with Gasteiger partial charge in [-0.25, -0.2) is 4.98 Å². The molecule has 0 saturated heterocycles. The Balaban J connectivity index is 1.82. The van der Waals surface area contributed by atoms with Crippen LogP contribution in [0, 0.1) is 0 Å². The van der Waals surface area contributed by atoms with Gasteiger partial charge >= 0.3 is 0 Å². The summed E-state index contributed by atoms with van der Waals surface area (Å²) >= 11 is 0. The standard InChI is InChI=1S/C14H18N4O/c1-2-18-13(16-10-17-18)8-14(15)7-11-5-3-4-6-12(11)19-9-14/h3-6,10H,2,7-9,15H2,1H3. The number of aryl methyl sites for hydroxylation is 1. The zero-order valence-electron chi connectivity index (χ0n) is 11.0. The summed E-state index contributed by atoms with van der Waals surface area (Å²) < 4.78 is 7.66. The van der Waals surface area contributed by atoms with Crippen LogP contribution in [0.15, 0.2) is 30.6 Å². The van der Waals surface area contributed by atoms with E-state index in [0.717, 1.165) is 24.5 Å². The van der Waals surface area contributed by atoms with Gasteiger partial charge in [0.2, 0.25) is 0 Å². The fraction of sp³-hybridized carbons (Fsp3) is 0.429. The lowest BCUT2D eigenvalue weighted by Crippen LogP contribution is -2.52. The lowest BCUT2D eigenvalue weighted by molar-refractivity contribution is 0.186. The molecule has 0 aliphatic carbocycles. The van der Waals surface area contributed by atoms with Crippen molar-refractivity contribution in [1.82, 2.24) is 14.8 Å². The molecular formula is C14H18N4O. The minimum atomic E-state index is -0.408. The van der Waals surface area contributed by atoms with Crippen LogP contribution in [-0.2, 0) is 19.4 Å². The summed E-state index contributed by atoms with van der Waals surface area (Å²) in [7, 11) is 0. The number of rotatable bonds is 3. The van der Waals surface area contributed by atoms with Crippen molar-refractivity contribution in [2.24, 2.45) is 5.73 Å². The molecule has 0 saturated carbocycles. The Bertz CT molecular complexity index is 580. The number of ether oxygens (including phenoxy) is 1. The maximum atomic E-state index is 6.48. The summed E-state index contributed by atoms with van der Waals surface area (Å²) in [5.74, 6) is 1.87. The zero-order chi connectivity index (χ0) is 13.3. The van der Waals surface area contributed by atoms with Crippen LogP contribution < -0.4 is 10.5 Å². The molecule has 1 aromatic carbocycles. The molecule has 100 valence electrons. The molecule has 1 unspecified atom stereocenters. The quantitative estimate of drug-likeness (QED) is 0.897. The Morgan fingerprint density at radius 3 is 3.11 bits per heavy atom. The molecule has 1 aromatic heterocycles. The number of hydrogen-bond acceptors (Lipinski definition) is 4. The summed E-state index contributed by atoms with van der Waals surface area (Å²) in [6.07, 6.45) is 3.06. The smallest absolute Gasteiger partial charge is 0.138 e. The van der Waals surface area contributed by atoms with Crippen LogP contribution in [0.2, 0.25) is 0 Å². The van der Waals surface area contributed by atoms with E-state index in [2.05, 4.69) is 16.1 Å². The van der Waals surface area contributed by atoms with Crippen molar-refractivity contribution in [2.75, 3.05) is 6.61 Å². The average Bonchev–Trinajstić information content (AvgIpc) is 2.85. The van der Waals surface area contributed by atoms with Crippen LogP contribution in [0.25, 0.3) is 0 Å². The Morgan fingerprint density at radius 2 is 2.26 bits per heavy atom. The van der Waals surface area contributed by atoms with E-state index in [9.17, 15) is 0 Å². The molecular weight excluding hydrogens is 240 g/mol. The van der Waals surface area contributed by atoms with E-state index in [1.54, 1.807) is 6.33 Å². The van der Waals surface area contributed by atoms with Gasteiger partial charge in [0, 0.05) is 13.0 Å². The largest absolute Gasteiger partial charge is 0.491 e. The van der Waals surface area contributed by atoms with E-state index in [0.29, 0.717) is 13.0 Å². The van der Waals surface area contributed by atoms with Crippen molar-refractivity contribution in [2.45, 2.75) is 31.8 Å². The zero-order valence-corrected chi connectivity index (χ0v) is 11.0. The average molecular weight is 258 g/mol. The second kappa shape index (κ2) is 4.66. The summed E-state index contributed by atoms with van der Waals surface area (Å²) in [5, 5.41) is 4.18. The Kier molecular flexibility index (Phi) is 2.98. The SMILES string of the molecule is CCn1ncnc1CC1(N)COc2ccccc2C1. The van der Waals surface area contributed by atoms with Gasteiger partial charge in [0.15, 0.2) is 0 Å². The summed E-state index contributed by atoms with van der Waals surface area (Å²) in [6, 6.07) is 8.06. The molecule has 0 radical (unpaired) electrons. The van der Waals surface area contributed by atoms with Crippen LogP contribution in [0.1, 0.15) is 18.3 Å². The second-order valence-corrected chi connectivity index (χ2v) is 5.10. The highest BCUT2D eigenvalue weighted by Crippen LogP contribution is 2.29. The molecule has 19 heavy (non-hydrogen) atoms. The molecule has 2 aromatic rings. The highest BCUT2D eigenvalue weighted by Gasteiger charge is 2.33. The first-order valence-corrected chi connectivity index (χ1v) is 6.56. The predicted octanol–water partition coefficient (Wildman–Crippen LogP) is 1.17. The molecule has 1 aliphatic heterocycles. The third-order valence-corrected chi connectivity index (χ3v) is 3.54. The molecule has 5 heteroatoms. The van der Waals surface area contributed by atoms with Crippen molar-refractivity contribution in [1.29, 1.82) is 0 Å². The minimum absolute atomic E-state index is 0.408. The molecule has 1 aliphatic rings. The predicted molar refractivity (Wildman–Crippen MR) is 72.0 cm³/mol. The van der Waals surface area contributed by atoms with E-state index in [1.807, 2.05) is 29.8 Å². The van der Waals surface area contributed by atoms with Crippen molar-refractivity contribution in [3.05, 3.63) is 42.0 Å². The van der Waals surface area contributed by atoms with Crippen molar-refractivity contribution >= 4 is 0 Å². The Morgan fingerprint density at radius 1 is 1.42 bits per heavy atom. The lowest BCUT2D eigenvalue weighted by atomic mass is 9.86. The topological polar surface area (TPSA) is 66.0 Å². The molecule has 0 spiro atoms. The first kappa shape index (κ1) is 12.2. The number of nitrogens with two attached hydrogens (primary N) is 1. The molecule has 5 nitrogen and oxygen atoms in total. The normalized spacial score (nSPS) is 21.8. The van der Waals surface area contributed by atoms with Crippen LogP contribution in [0.3, 0.4) is 0 Å². The Labute approximate surface area is 112 Å². The maximum absolute atomic E-state index is 6.48. The van der Waals surface area contributed by atoms with E-state index in [-0.39, 0.29) is 0 Å². The van der Waals surface area contributed by atoms with Gasteiger partial charge in [0.25, 0.3) is 0 Å². The van der Waals surface area contributed by atoms with Crippen molar-refractivity contribution in [3.8, 4) is 5.75 Å². The van der Waals surface area contributed by atoms with Crippen LogP contribution >= 0.6 is 0 Å². The summed E-state index contributed by atoms with van der Waals surface area (Å²) in [5.41, 5.74) is 7.24. The van der Waals surface area contributed by atoms with Gasteiger partial charge in [0.1, 0.15) is 24.5 Å². The van der Waals surface area contributed by atoms with Crippen molar-refractivity contribution < 1.29 is 4.74 Å². The molecule has 0 fully saturated rings. The summed E-state index contributed by atoms with van der Waals surface area (Å²) in [4.78, 5) is 4.30. The molecule has 1 atom stereocenters. The van der Waals surface area contributed by atoms with Gasteiger partial charge in [-0.05, 0) is 25.0 Å². The van der Waals surface area contributed by atoms with Gasteiger partial charge in [-0.15, -0.1) is 0 Å². The monoisotopic (exact) mass is 258 g/mol. The molecule has 0 bridgehead atoms. The lowest BCUT2D eigenvalue weighted by Gasteiger charge is -2.34. The fourth-order valence-electron chi connectivity index (χ4n) is 2.56. The van der Waals surface area contributed by atoms with Gasteiger partial charge in [-0.1, -0.05) is 18.2 Å². The highest BCUT2D eigenvalue weighted by atomic mass is 16.5. The third-order valence-electron chi connectivity index (χ3n) is 3.54. The van der Waals surface area contributed by atoms with Crippen molar-refractivity contribution in [3.63, 3.8) is 0 Å². The molecule has 2 heterocycles. The number of fused-ring (bicyclic) bond motifs is 1. The molecule has 0 amide bonds. The second-order valence-electron chi connectivity index (χ2n) is 5.10. The first-order valence-electron chi connectivity index (χ1n) is 6.56. The van der Waals surface area contributed by atoms with E-state index in [1.165, 1.54) is 5.56 Å².